The van der Waals surface area contributed by atoms with Crippen molar-refractivity contribution in [3.8, 4) is 0 Å². The fourth-order valence-corrected chi connectivity index (χ4v) is 12.3. The number of esters is 4. The van der Waals surface area contributed by atoms with Crippen LogP contribution in [-0.2, 0) is 65.4 Å². The van der Waals surface area contributed by atoms with Crippen molar-refractivity contribution in [2.75, 3.05) is 39.6 Å². The lowest BCUT2D eigenvalue weighted by atomic mass is 10.0. The summed E-state index contributed by atoms with van der Waals surface area (Å²) in [4.78, 5) is 72.7. The van der Waals surface area contributed by atoms with E-state index in [0.717, 1.165) is 128 Å². The highest BCUT2D eigenvalue weighted by Crippen LogP contribution is 2.45. The van der Waals surface area contributed by atoms with Crippen molar-refractivity contribution in [3.63, 3.8) is 0 Å². The van der Waals surface area contributed by atoms with E-state index < -0.39 is 97.5 Å². The molecule has 0 heterocycles. The topological polar surface area (TPSA) is 237 Å². The van der Waals surface area contributed by atoms with Crippen LogP contribution in [0.5, 0.6) is 0 Å². The average Bonchev–Trinajstić information content (AvgIpc) is 1.67. The third kappa shape index (κ3) is 67.8. The Hall–Kier alpha value is -2.72. The molecule has 0 amide bonds. The SMILES string of the molecule is CCCCC/C=C\C/C=C\CCCCCCCC(=O)OC[C@H](COP(=O)(O)OC[C@@H](O)COP(=O)(O)OC[C@@H](COC(=O)CCCCCCCCCCCCCCC)OC(=O)CCCCCCC/C=C\CCCCCC)OC(=O)CCCCCCCCCCCCCCC. The number of carbonyl (C=O) groups excluding carboxylic acids is 4. The number of aliphatic hydroxyl groups excluding tert-OH is 1. The molecule has 5 atom stereocenters. The molecule has 0 aromatic carbocycles. The van der Waals surface area contributed by atoms with Crippen LogP contribution in [0.15, 0.2) is 36.5 Å². The number of phosphoric acid groups is 2. The Balaban J connectivity index is 5.30. The number of aliphatic hydroxyl groups is 1. The summed E-state index contributed by atoms with van der Waals surface area (Å²) in [5, 5.41) is 10.6. The smallest absolute Gasteiger partial charge is 0.462 e. The summed E-state index contributed by atoms with van der Waals surface area (Å²) in [7, 11) is -9.92. The van der Waals surface area contributed by atoms with Gasteiger partial charge in [-0.3, -0.25) is 37.3 Å². The van der Waals surface area contributed by atoms with Crippen molar-refractivity contribution in [3.05, 3.63) is 36.5 Å². The van der Waals surface area contributed by atoms with Crippen molar-refractivity contribution in [2.45, 2.75) is 380 Å². The van der Waals surface area contributed by atoms with E-state index in [1.165, 1.54) is 154 Å². The minimum Gasteiger partial charge on any atom is -0.462 e. The maximum Gasteiger partial charge on any atom is 0.472 e. The van der Waals surface area contributed by atoms with Crippen LogP contribution < -0.4 is 0 Å². The first kappa shape index (κ1) is 91.3. The fraction of sp³-hybridized carbons (Fsp3) is 0.867. The lowest BCUT2D eigenvalue weighted by molar-refractivity contribution is -0.161. The number of allylic oxidation sites excluding steroid dienone is 6. The summed E-state index contributed by atoms with van der Waals surface area (Å²) in [6, 6.07) is 0. The number of unbranched alkanes of at least 4 members (excludes halogenated alkanes) is 41. The minimum absolute atomic E-state index is 0.0922. The van der Waals surface area contributed by atoms with Crippen molar-refractivity contribution in [2.24, 2.45) is 0 Å². The van der Waals surface area contributed by atoms with Crippen LogP contribution in [0.3, 0.4) is 0 Å². The van der Waals surface area contributed by atoms with Crippen LogP contribution in [0, 0.1) is 0 Å². The fourth-order valence-electron chi connectivity index (χ4n) is 10.7. The van der Waals surface area contributed by atoms with Gasteiger partial charge in [-0.25, -0.2) is 9.13 Å². The Bertz CT molecular complexity index is 1930. The first-order chi connectivity index (χ1) is 45.7. The summed E-state index contributed by atoms with van der Waals surface area (Å²) >= 11 is 0. The standard InChI is InChI=1S/C75H140O17P2/c1-5-9-13-17-21-25-29-33-34-38-40-44-48-52-56-60-73(78)86-66-71(92-75(80)62-58-54-50-46-42-37-32-28-24-20-16-12-8-4)68-90-94(83,84)88-64-69(76)63-87-93(81,82)89-67-70(91-74(79)61-57-53-49-45-41-36-31-27-23-19-15-11-7-3)65-85-72(77)59-55-51-47-43-39-35-30-26-22-18-14-10-6-2/h21,25,27,31,33-34,69-71,76H,5-20,22-24,26,28-30,32,35-68H2,1-4H3,(H,81,82)(H,83,84)/b25-21-,31-27-,34-33-/t69-,70+,71+/m0/s1. The van der Waals surface area contributed by atoms with E-state index in [0.29, 0.717) is 25.7 Å². The van der Waals surface area contributed by atoms with Crippen molar-refractivity contribution in [1.82, 2.24) is 0 Å². The van der Waals surface area contributed by atoms with Gasteiger partial charge in [-0.05, 0) is 83.5 Å². The molecule has 0 aromatic heterocycles. The molecule has 0 bridgehead atoms. The quantitative estimate of drug-likeness (QED) is 0.0169. The number of ether oxygens (including phenoxy) is 4. The van der Waals surface area contributed by atoms with E-state index in [9.17, 15) is 43.2 Å². The van der Waals surface area contributed by atoms with Gasteiger partial charge in [0.2, 0.25) is 0 Å². The molecule has 0 aromatic rings. The number of hydrogen-bond acceptors (Lipinski definition) is 15. The van der Waals surface area contributed by atoms with E-state index in [4.69, 9.17) is 37.0 Å². The summed E-state index contributed by atoms with van der Waals surface area (Å²) in [5.41, 5.74) is 0. The first-order valence-corrected chi connectivity index (χ1v) is 41.2. The van der Waals surface area contributed by atoms with Gasteiger partial charge in [0, 0.05) is 25.7 Å². The van der Waals surface area contributed by atoms with E-state index >= 15 is 0 Å². The summed E-state index contributed by atoms with van der Waals surface area (Å²) in [6.07, 6.45) is 62.7. The second-order valence-electron chi connectivity index (χ2n) is 26.0. The van der Waals surface area contributed by atoms with Gasteiger partial charge in [-0.2, -0.15) is 0 Å². The van der Waals surface area contributed by atoms with E-state index in [-0.39, 0.29) is 25.7 Å². The molecule has 0 saturated carbocycles. The Morgan fingerprint density at radius 2 is 0.521 bits per heavy atom. The van der Waals surface area contributed by atoms with E-state index in [2.05, 4.69) is 64.2 Å². The first-order valence-electron chi connectivity index (χ1n) is 38.2. The number of rotatable bonds is 73. The van der Waals surface area contributed by atoms with Crippen molar-refractivity contribution < 1.29 is 80.2 Å². The number of hydrogen-bond donors (Lipinski definition) is 3. The zero-order valence-corrected chi connectivity index (χ0v) is 61.9. The third-order valence-electron chi connectivity index (χ3n) is 16.6. The third-order valence-corrected chi connectivity index (χ3v) is 18.5. The van der Waals surface area contributed by atoms with E-state index in [1.807, 2.05) is 0 Å². The second kappa shape index (κ2) is 68.8. The molecule has 0 aliphatic heterocycles. The highest BCUT2D eigenvalue weighted by molar-refractivity contribution is 7.47. The van der Waals surface area contributed by atoms with Crippen LogP contribution >= 0.6 is 15.6 Å². The number of carbonyl (C=O) groups is 4. The predicted molar refractivity (Wildman–Crippen MR) is 381 cm³/mol. The highest BCUT2D eigenvalue weighted by atomic mass is 31.2. The molecule has 2 unspecified atom stereocenters. The molecular weight excluding hydrogens is 1230 g/mol. The normalized spacial score (nSPS) is 14.2. The Labute approximate surface area is 573 Å². The lowest BCUT2D eigenvalue weighted by Crippen LogP contribution is -2.30. The van der Waals surface area contributed by atoms with Gasteiger partial charge < -0.3 is 33.8 Å². The molecule has 0 saturated heterocycles. The Morgan fingerprint density at radius 3 is 0.830 bits per heavy atom. The molecule has 17 nitrogen and oxygen atoms in total. The molecule has 0 aliphatic rings. The van der Waals surface area contributed by atoms with Gasteiger partial charge in [0.05, 0.1) is 26.4 Å². The van der Waals surface area contributed by atoms with Crippen LogP contribution in [0.2, 0.25) is 0 Å². The predicted octanol–water partition coefficient (Wildman–Crippen LogP) is 21.6. The maximum atomic E-state index is 13.1. The molecule has 0 rings (SSSR count). The highest BCUT2D eigenvalue weighted by Gasteiger charge is 2.30. The number of phosphoric ester groups is 2. The molecule has 19 heteroatoms. The van der Waals surface area contributed by atoms with Gasteiger partial charge in [-0.15, -0.1) is 0 Å². The molecule has 0 aliphatic carbocycles. The molecular formula is C75H140O17P2. The molecule has 0 fully saturated rings. The zero-order valence-electron chi connectivity index (χ0n) is 60.2. The summed E-state index contributed by atoms with van der Waals surface area (Å²) < 4.78 is 68.4. The van der Waals surface area contributed by atoms with Gasteiger partial charge in [0.1, 0.15) is 19.3 Å². The van der Waals surface area contributed by atoms with Crippen molar-refractivity contribution >= 4 is 39.5 Å². The van der Waals surface area contributed by atoms with Gasteiger partial charge in [0.25, 0.3) is 0 Å². The molecule has 0 spiro atoms. The van der Waals surface area contributed by atoms with E-state index in [1.54, 1.807) is 0 Å². The van der Waals surface area contributed by atoms with Gasteiger partial charge >= 0.3 is 39.5 Å². The average molecular weight is 1380 g/mol. The van der Waals surface area contributed by atoms with Crippen LogP contribution in [0.25, 0.3) is 0 Å². The lowest BCUT2D eigenvalue weighted by Gasteiger charge is -2.21. The molecule has 552 valence electrons. The zero-order chi connectivity index (χ0) is 69.0. The molecule has 0 radical (unpaired) electrons. The minimum atomic E-state index is -4.96. The van der Waals surface area contributed by atoms with Crippen LogP contribution in [0.1, 0.15) is 362 Å². The molecule has 94 heavy (non-hydrogen) atoms. The monoisotopic (exact) mass is 1370 g/mol. The van der Waals surface area contributed by atoms with Gasteiger partial charge in [-0.1, -0.05) is 289 Å². The van der Waals surface area contributed by atoms with Crippen LogP contribution in [0.4, 0.5) is 0 Å². The van der Waals surface area contributed by atoms with Crippen LogP contribution in [-0.4, -0.2) is 96.7 Å². The Morgan fingerprint density at radius 1 is 0.298 bits per heavy atom. The largest absolute Gasteiger partial charge is 0.472 e. The second-order valence-corrected chi connectivity index (χ2v) is 28.9. The van der Waals surface area contributed by atoms with Crippen molar-refractivity contribution in [1.29, 1.82) is 0 Å². The summed E-state index contributed by atoms with van der Waals surface area (Å²) in [5.74, 6) is -2.16. The molecule has 3 N–H and O–H groups in total. The summed E-state index contributed by atoms with van der Waals surface area (Å²) in [6.45, 7) is 4.88. The Kier molecular flexibility index (Phi) is 66.8. The maximum absolute atomic E-state index is 13.1. The van der Waals surface area contributed by atoms with Gasteiger partial charge in [0.15, 0.2) is 12.2 Å².